The highest BCUT2D eigenvalue weighted by atomic mass is 32.1. The predicted molar refractivity (Wildman–Crippen MR) is 104 cm³/mol. The topological polar surface area (TPSA) is 45.2 Å². The second-order valence-electron chi connectivity index (χ2n) is 7.13. The Balaban J connectivity index is 1.71. The zero-order valence-corrected chi connectivity index (χ0v) is 16.1. The number of likely N-dealkylation sites (tertiary alicyclic amines) is 1. The lowest BCUT2D eigenvalue weighted by Crippen LogP contribution is -2.42. The van der Waals surface area contributed by atoms with E-state index in [-0.39, 0.29) is 5.91 Å². The second kappa shape index (κ2) is 8.11. The molecule has 0 bridgehead atoms. The minimum atomic E-state index is 0.0714. The van der Waals surface area contributed by atoms with E-state index in [0.717, 1.165) is 36.6 Å². The van der Waals surface area contributed by atoms with Crippen molar-refractivity contribution in [3.63, 3.8) is 0 Å². The van der Waals surface area contributed by atoms with Crippen LogP contribution in [0.3, 0.4) is 0 Å². The Morgan fingerprint density at radius 1 is 1.36 bits per heavy atom. The van der Waals surface area contributed by atoms with Crippen molar-refractivity contribution in [3.8, 4) is 10.6 Å². The molecular formula is C20H27N3OS. The summed E-state index contributed by atoms with van der Waals surface area (Å²) >= 11 is 1.55. The zero-order chi connectivity index (χ0) is 17.8. The number of benzene rings is 1. The van der Waals surface area contributed by atoms with Gasteiger partial charge in [-0.15, -0.1) is 11.3 Å². The lowest BCUT2D eigenvalue weighted by molar-refractivity contribution is 0.0669. The molecule has 0 saturated carbocycles. The first kappa shape index (κ1) is 18.1. The number of amides is 1. The summed E-state index contributed by atoms with van der Waals surface area (Å²) in [6, 6.07) is 8.50. The van der Waals surface area contributed by atoms with E-state index in [4.69, 9.17) is 0 Å². The first-order chi connectivity index (χ1) is 12.1. The van der Waals surface area contributed by atoms with Crippen molar-refractivity contribution < 1.29 is 4.79 Å². The van der Waals surface area contributed by atoms with Crippen LogP contribution in [0.4, 0.5) is 0 Å². The molecule has 1 fully saturated rings. The van der Waals surface area contributed by atoms with Gasteiger partial charge in [-0.25, -0.2) is 4.98 Å². The van der Waals surface area contributed by atoms with Crippen LogP contribution in [0.25, 0.3) is 10.6 Å². The molecule has 1 unspecified atom stereocenters. The fourth-order valence-corrected chi connectivity index (χ4v) is 4.18. The monoisotopic (exact) mass is 357 g/mol. The molecule has 1 aliphatic rings. The van der Waals surface area contributed by atoms with Gasteiger partial charge in [0.15, 0.2) is 0 Å². The van der Waals surface area contributed by atoms with Crippen molar-refractivity contribution in [3.05, 3.63) is 40.9 Å². The lowest BCUT2D eigenvalue weighted by Gasteiger charge is -2.32. The second-order valence-corrected chi connectivity index (χ2v) is 7.99. The highest BCUT2D eigenvalue weighted by Gasteiger charge is 2.25. The minimum Gasteiger partial charge on any atom is -0.337 e. The van der Waals surface area contributed by atoms with Crippen LogP contribution in [-0.4, -0.2) is 42.5 Å². The first-order valence-electron chi connectivity index (χ1n) is 9.08. The standard InChI is InChI=1S/C20H27N3OS/c1-14(2)16-6-8-17(9-7-16)19-22-18(13-25-19)20(24)23-10-4-5-15(12-23)11-21-3/h6-9,13-15,21H,4-5,10-12H2,1-3H3. The van der Waals surface area contributed by atoms with Crippen LogP contribution in [0, 0.1) is 5.92 Å². The van der Waals surface area contributed by atoms with Crippen LogP contribution in [-0.2, 0) is 0 Å². The number of aromatic nitrogens is 1. The lowest BCUT2D eigenvalue weighted by atomic mass is 9.98. The third-order valence-electron chi connectivity index (χ3n) is 4.85. The number of thiazole rings is 1. The Morgan fingerprint density at radius 3 is 2.80 bits per heavy atom. The maximum atomic E-state index is 12.8. The molecule has 4 nitrogen and oxygen atoms in total. The average Bonchev–Trinajstić information content (AvgIpc) is 3.12. The number of nitrogens with one attached hydrogen (secondary N) is 1. The molecule has 1 saturated heterocycles. The number of hydrogen-bond acceptors (Lipinski definition) is 4. The molecule has 1 aliphatic heterocycles. The molecule has 2 aromatic rings. The van der Waals surface area contributed by atoms with Crippen LogP contribution in [0.2, 0.25) is 0 Å². The van der Waals surface area contributed by atoms with Crippen LogP contribution >= 0.6 is 11.3 Å². The van der Waals surface area contributed by atoms with Crippen LogP contribution in [0.1, 0.15) is 48.7 Å². The number of carbonyl (C=O) groups excluding carboxylic acids is 1. The van der Waals surface area contributed by atoms with Crippen molar-refractivity contribution in [1.29, 1.82) is 0 Å². The van der Waals surface area contributed by atoms with E-state index in [1.165, 1.54) is 12.0 Å². The van der Waals surface area contributed by atoms with Crippen molar-refractivity contribution in [2.45, 2.75) is 32.6 Å². The van der Waals surface area contributed by atoms with Crippen LogP contribution in [0.5, 0.6) is 0 Å². The number of nitrogens with zero attached hydrogens (tertiary/aromatic N) is 2. The first-order valence-corrected chi connectivity index (χ1v) is 9.96. The van der Waals surface area contributed by atoms with E-state index >= 15 is 0 Å². The Bertz CT molecular complexity index is 706. The van der Waals surface area contributed by atoms with Gasteiger partial charge in [0.1, 0.15) is 10.7 Å². The third-order valence-corrected chi connectivity index (χ3v) is 5.74. The van der Waals surface area contributed by atoms with Gasteiger partial charge in [-0.05, 0) is 43.8 Å². The van der Waals surface area contributed by atoms with Gasteiger partial charge in [0.2, 0.25) is 0 Å². The molecule has 1 amide bonds. The van der Waals surface area contributed by atoms with Gasteiger partial charge < -0.3 is 10.2 Å². The van der Waals surface area contributed by atoms with E-state index in [0.29, 0.717) is 17.5 Å². The van der Waals surface area contributed by atoms with Crippen LogP contribution < -0.4 is 5.32 Å². The van der Waals surface area contributed by atoms with E-state index in [9.17, 15) is 4.79 Å². The fraction of sp³-hybridized carbons (Fsp3) is 0.500. The molecule has 5 heteroatoms. The molecule has 1 N–H and O–H groups in total. The number of hydrogen-bond donors (Lipinski definition) is 1. The highest BCUT2D eigenvalue weighted by Crippen LogP contribution is 2.27. The van der Waals surface area contributed by atoms with Crippen molar-refractivity contribution >= 4 is 17.2 Å². The van der Waals surface area contributed by atoms with Crippen molar-refractivity contribution in [2.24, 2.45) is 5.92 Å². The smallest absolute Gasteiger partial charge is 0.273 e. The summed E-state index contributed by atoms with van der Waals surface area (Å²) in [7, 11) is 1.97. The predicted octanol–water partition coefficient (Wildman–Crippen LogP) is 4.01. The Hall–Kier alpha value is -1.72. The highest BCUT2D eigenvalue weighted by molar-refractivity contribution is 7.13. The molecule has 0 spiro atoms. The normalized spacial score (nSPS) is 17.9. The Morgan fingerprint density at radius 2 is 2.12 bits per heavy atom. The maximum Gasteiger partial charge on any atom is 0.273 e. The SMILES string of the molecule is CNCC1CCCN(C(=O)c2csc(-c3ccc(C(C)C)cc3)n2)C1. The quantitative estimate of drug-likeness (QED) is 0.879. The average molecular weight is 358 g/mol. The number of carbonyl (C=O) groups is 1. The molecule has 134 valence electrons. The molecule has 3 rings (SSSR count). The van der Waals surface area contributed by atoms with E-state index in [2.05, 4.69) is 48.4 Å². The molecule has 2 heterocycles. The van der Waals surface area contributed by atoms with E-state index in [1.54, 1.807) is 11.3 Å². The van der Waals surface area contributed by atoms with E-state index in [1.807, 2.05) is 17.3 Å². The molecule has 25 heavy (non-hydrogen) atoms. The molecule has 0 aliphatic carbocycles. The van der Waals surface area contributed by atoms with Gasteiger partial charge in [0.05, 0.1) is 0 Å². The number of rotatable bonds is 5. The van der Waals surface area contributed by atoms with Gasteiger partial charge in [0.25, 0.3) is 5.91 Å². The van der Waals surface area contributed by atoms with Gasteiger partial charge >= 0.3 is 0 Å². The molecule has 0 radical (unpaired) electrons. The van der Waals surface area contributed by atoms with Gasteiger partial charge in [-0.1, -0.05) is 38.1 Å². The Labute approximate surface area is 154 Å². The number of piperidine rings is 1. The molecular weight excluding hydrogens is 330 g/mol. The summed E-state index contributed by atoms with van der Waals surface area (Å²) in [5.41, 5.74) is 2.98. The van der Waals surface area contributed by atoms with Crippen molar-refractivity contribution in [1.82, 2.24) is 15.2 Å². The summed E-state index contributed by atoms with van der Waals surface area (Å²) in [6.45, 7) is 7.02. The zero-order valence-electron chi connectivity index (χ0n) is 15.3. The summed E-state index contributed by atoms with van der Waals surface area (Å²) < 4.78 is 0. The third kappa shape index (κ3) is 4.28. The van der Waals surface area contributed by atoms with Gasteiger partial charge in [0, 0.05) is 24.0 Å². The van der Waals surface area contributed by atoms with Gasteiger partial charge in [-0.2, -0.15) is 0 Å². The molecule has 1 atom stereocenters. The van der Waals surface area contributed by atoms with Crippen molar-refractivity contribution in [2.75, 3.05) is 26.7 Å². The minimum absolute atomic E-state index is 0.0714. The largest absolute Gasteiger partial charge is 0.337 e. The maximum absolute atomic E-state index is 12.8. The molecule has 1 aromatic carbocycles. The van der Waals surface area contributed by atoms with Gasteiger partial charge in [-0.3, -0.25) is 4.79 Å². The fourth-order valence-electron chi connectivity index (χ4n) is 3.38. The summed E-state index contributed by atoms with van der Waals surface area (Å²) in [4.78, 5) is 19.4. The summed E-state index contributed by atoms with van der Waals surface area (Å²) in [5, 5.41) is 6.04. The summed E-state index contributed by atoms with van der Waals surface area (Å²) in [5.74, 6) is 1.14. The Kier molecular flexibility index (Phi) is 5.86. The van der Waals surface area contributed by atoms with Crippen LogP contribution in [0.15, 0.2) is 29.6 Å². The van der Waals surface area contributed by atoms with E-state index < -0.39 is 0 Å². The molecule has 1 aromatic heterocycles. The summed E-state index contributed by atoms with van der Waals surface area (Å²) in [6.07, 6.45) is 2.26.